The van der Waals surface area contributed by atoms with Crippen molar-refractivity contribution < 1.29 is 9.59 Å². The van der Waals surface area contributed by atoms with Gasteiger partial charge in [-0.1, -0.05) is 43.7 Å². The zero-order valence-electron chi connectivity index (χ0n) is 15.8. The van der Waals surface area contributed by atoms with E-state index < -0.39 is 0 Å². The smallest absolute Gasteiger partial charge is 0.272 e. The third-order valence-electron chi connectivity index (χ3n) is 4.09. The highest BCUT2D eigenvalue weighted by Gasteiger charge is 2.17. The van der Waals surface area contributed by atoms with Crippen molar-refractivity contribution in [3.63, 3.8) is 0 Å². The molecule has 0 aliphatic heterocycles. The van der Waals surface area contributed by atoms with E-state index in [-0.39, 0.29) is 11.8 Å². The Kier molecular flexibility index (Phi) is 7.33. The van der Waals surface area contributed by atoms with Crippen LogP contribution in [0.5, 0.6) is 0 Å². The zero-order valence-corrected chi connectivity index (χ0v) is 15.8. The SMILES string of the molecule is CCCN(CCC)C(=O)c1cc(C(=O)NCc2ccc(C)cc2)ccn1. The lowest BCUT2D eigenvalue weighted by atomic mass is 10.1. The summed E-state index contributed by atoms with van der Waals surface area (Å²) in [7, 11) is 0. The number of carbonyl (C=O) groups is 2. The Bertz CT molecular complexity index is 735. The lowest BCUT2D eigenvalue weighted by molar-refractivity contribution is 0.0749. The number of hydrogen-bond donors (Lipinski definition) is 1. The second-order valence-electron chi connectivity index (χ2n) is 6.39. The van der Waals surface area contributed by atoms with Crippen molar-refractivity contribution in [3.8, 4) is 0 Å². The van der Waals surface area contributed by atoms with E-state index in [4.69, 9.17) is 0 Å². The Balaban J connectivity index is 2.05. The normalized spacial score (nSPS) is 10.4. The Hall–Kier alpha value is -2.69. The number of amides is 2. The summed E-state index contributed by atoms with van der Waals surface area (Å²) in [6, 6.07) is 11.2. The lowest BCUT2D eigenvalue weighted by Gasteiger charge is -2.21. The molecule has 2 rings (SSSR count). The Morgan fingerprint density at radius 1 is 1.04 bits per heavy atom. The van der Waals surface area contributed by atoms with E-state index >= 15 is 0 Å². The zero-order chi connectivity index (χ0) is 18.9. The molecule has 0 atom stereocenters. The van der Waals surface area contributed by atoms with Gasteiger partial charge in [0.1, 0.15) is 5.69 Å². The van der Waals surface area contributed by atoms with Crippen LogP contribution in [0.25, 0.3) is 0 Å². The van der Waals surface area contributed by atoms with E-state index in [2.05, 4.69) is 10.3 Å². The van der Waals surface area contributed by atoms with E-state index in [9.17, 15) is 9.59 Å². The summed E-state index contributed by atoms with van der Waals surface area (Å²) in [4.78, 5) is 31.0. The second kappa shape index (κ2) is 9.70. The van der Waals surface area contributed by atoms with E-state index in [0.29, 0.717) is 30.9 Å². The minimum atomic E-state index is -0.209. The molecule has 1 heterocycles. The van der Waals surface area contributed by atoms with Crippen LogP contribution in [-0.4, -0.2) is 34.8 Å². The molecule has 2 amide bonds. The molecule has 0 saturated heterocycles. The highest BCUT2D eigenvalue weighted by molar-refractivity contribution is 5.98. The molecule has 0 aliphatic carbocycles. The molecule has 1 aromatic heterocycles. The average molecular weight is 353 g/mol. The van der Waals surface area contributed by atoms with Crippen LogP contribution < -0.4 is 5.32 Å². The van der Waals surface area contributed by atoms with Gasteiger partial charge < -0.3 is 10.2 Å². The standard InChI is InChI=1S/C21H27N3O2/c1-4-12-24(13-5-2)21(26)19-14-18(10-11-22-19)20(25)23-15-17-8-6-16(3)7-9-17/h6-11,14H,4-5,12-13,15H2,1-3H3,(H,23,25). The van der Waals surface area contributed by atoms with Crippen molar-refractivity contribution in [2.75, 3.05) is 13.1 Å². The number of nitrogens with one attached hydrogen (secondary N) is 1. The minimum Gasteiger partial charge on any atom is -0.348 e. The molecule has 2 aromatic rings. The third kappa shape index (κ3) is 5.41. The minimum absolute atomic E-state index is 0.123. The van der Waals surface area contributed by atoms with E-state index in [1.165, 1.54) is 11.8 Å². The number of benzene rings is 1. The van der Waals surface area contributed by atoms with Crippen molar-refractivity contribution in [3.05, 3.63) is 65.0 Å². The van der Waals surface area contributed by atoms with Crippen molar-refractivity contribution >= 4 is 11.8 Å². The summed E-state index contributed by atoms with van der Waals surface area (Å²) in [6.45, 7) is 7.94. The molecular weight excluding hydrogens is 326 g/mol. The first-order valence-corrected chi connectivity index (χ1v) is 9.14. The molecular formula is C21H27N3O2. The quantitative estimate of drug-likeness (QED) is 0.789. The first-order chi connectivity index (χ1) is 12.5. The van der Waals surface area contributed by atoms with E-state index in [1.807, 2.05) is 45.0 Å². The van der Waals surface area contributed by atoms with Crippen LogP contribution in [0.15, 0.2) is 42.6 Å². The van der Waals surface area contributed by atoms with E-state index in [1.54, 1.807) is 17.0 Å². The van der Waals surface area contributed by atoms with Gasteiger partial charge in [0.15, 0.2) is 0 Å². The fraction of sp³-hybridized carbons (Fsp3) is 0.381. The van der Waals surface area contributed by atoms with Gasteiger partial charge in [0.25, 0.3) is 11.8 Å². The van der Waals surface area contributed by atoms with Crippen molar-refractivity contribution in [1.29, 1.82) is 0 Å². The fourth-order valence-electron chi connectivity index (χ4n) is 2.70. The molecule has 0 fully saturated rings. The average Bonchev–Trinajstić information content (AvgIpc) is 2.66. The maximum Gasteiger partial charge on any atom is 0.272 e. The Labute approximate surface area is 155 Å². The number of hydrogen-bond acceptors (Lipinski definition) is 3. The van der Waals surface area contributed by atoms with Gasteiger partial charge in [-0.2, -0.15) is 0 Å². The molecule has 0 bridgehead atoms. The molecule has 0 unspecified atom stereocenters. The van der Waals surface area contributed by atoms with Crippen LogP contribution in [0, 0.1) is 6.92 Å². The van der Waals surface area contributed by atoms with Gasteiger partial charge in [-0.3, -0.25) is 14.6 Å². The van der Waals surface area contributed by atoms with Crippen molar-refractivity contribution in [2.24, 2.45) is 0 Å². The maximum atomic E-state index is 12.6. The molecule has 1 N–H and O–H groups in total. The van der Waals surface area contributed by atoms with Crippen LogP contribution in [-0.2, 0) is 6.54 Å². The van der Waals surface area contributed by atoms with Gasteiger partial charge in [0, 0.05) is 31.4 Å². The number of carbonyl (C=O) groups excluding carboxylic acids is 2. The van der Waals surface area contributed by atoms with Gasteiger partial charge in [0.05, 0.1) is 0 Å². The highest BCUT2D eigenvalue weighted by atomic mass is 16.2. The Morgan fingerprint density at radius 3 is 2.31 bits per heavy atom. The van der Waals surface area contributed by atoms with Gasteiger partial charge in [-0.15, -0.1) is 0 Å². The summed E-state index contributed by atoms with van der Waals surface area (Å²) in [5.74, 6) is -0.332. The summed E-state index contributed by atoms with van der Waals surface area (Å²) in [5, 5.41) is 2.89. The maximum absolute atomic E-state index is 12.6. The summed E-state index contributed by atoms with van der Waals surface area (Å²) in [5.41, 5.74) is 2.98. The van der Waals surface area contributed by atoms with Gasteiger partial charge >= 0.3 is 0 Å². The fourth-order valence-corrected chi connectivity index (χ4v) is 2.70. The summed E-state index contributed by atoms with van der Waals surface area (Å²) in [6.07, 6.45) is 3.30. The highest BCUT2D eigenvalue weighted by Crippen LogP contribution is 2.08. The lowest BCUT2D eigenvalue weighted by Crippen LogP contribution is -2.33. The number of nitrogens with zero attached hydrogens (tertiary/aromatic N) is 2. The number of rotatable bonds is 8. The Morgan fingerprint density at radius 2 is 1.69 bits per heavy atom. The largest absolute Gasteiger partial charge is 0.348 e. The molecule has 1 aromatic carbocycles. The van der Waals surface area contributed by atoms with Gasteiger partial charge in [0.2, 0.25) is 0 Å². The molecule has 0 aliphatic rings. The summed E-state index contributed by atoms with van der Waals surface area (Å²) >= 11 is 0. The van der Waals surface area contributed by atoms with Crippen LogP contribution in [0.4, 0.5) is 0 Å². The van der Waals surface area contributed by atoms with Crippen LogP contribution >= 0.6 is 0 Å². The molecule has 26 heavy (non-hydrogen) atoms. The molecule has 5 heteroatoms. The van der Waals surface area contributed by atoms with Crippen LogP contribution in [0.1, 0.15) is 58.7 Å². The molecule has 0 spiro atoms. The van der Waals surface area contributed by atoms with Gasteiger partial charge in [-0.25, -0.2) is 0 Å². The predicted molar refractivity (Wildman–Crippen MR) is 103 cm³/mol. The molecule has 0 radical (unpaired) electrons. The number of aryl methyl sites for hydroxylation is 1. The first-order valence-electron chi connectivity index (χ1n) is 9.14. The summed E-state index contributed by atoms with van der Waals surface area (Å²) < 4.78 is 0. The van der Waals surface area contributed by atoms with Crippen LogP contribution in [0.3, 0.4) is 0 Å². The molecule has 138 valence electrons. The van der Waals surface area contributed by atoms with Crippen molar-refractivity contribution in [1.82, 2.24) is 15.2 Å². The van der Waals surface area contributed by atoms with Crippen molar-refractivity contribution in [2.45, 2.75) is 40.2 Å². The van der Waals surface area contributed by atoms with Crippen LogP contribution in [0.2, 0.25) is 0 Å². The second-order valence-corrected chi connectivity index (χ2v) is 6.39. The van der Waals surface area contributed by atoms with E-state index in [0.717, 1.165) is 18.4 Å². The molecule has 0 saturated carbocycles. The topological polar surface area (TPSA) is 62.3 Å². The number of aromatic nitrogens is 1. The predicted octanol–water partition coefficient (Wildman–Crippen LogP) is 3.58. The monoisotopic (exact) mass is 353 g/mol. The molecule has 5 nitrogen and oxygen atoms in total. The third-order valence-corrected chi connectivity index (χ3v) is 4.09. The van der Waals surface area contributed by atoms with Gasteiger partial charge in [-0.05, 0) is 37.5 Å². The number of pyridine rings is 1. The first kappa shape index (κ1) is 19.6.